The molecule has 2 aliphatic heterocycles. The highest BCUT2D eigenvalue weighted by molar-refractivity contribution is 5.89. The highest BCUT2D eigenvalue weighted by atomic mass is 16.5. The van der Waals surface area contributed by atoms with Crippen LogP contribution in [0.15, 0.2) is 24.3 Å². The summed E-state index contributed by atoms with van der Waals surface area (Å²) in [5.74, 6) is 0.837. The highest BCUT2D eigenvalue weighted by Crippen LogP contribution is 2.23. The molecule has 136 valence electrons. The lowest BCUT2D eigenvalue weighted by atomic mass is 10.0. The molecule has 0 bridgehead atoms. The van der Waals surface area contributed by atoms with E-state index in [1.807, 2.05) is 30.0 Å². The van der Waals surface area contributed by atoms with E-state index in [-0.39, 0.29) is 23.8 Å². The number of amides is 2. The molecule has 2 aliphatic rings. The number of hydrogen-bond donors (Lipinski definition) is 1. The maximum Gasteiger partial charge on any atom is 0.228 e. The first-order chi connectivity index (χ1) is 12.1. The molecule has 1 aromatic carbocycles. The third-order valence-corrected chi connectivity index (χ3v) is 4.99. The molecule has 6 nitrogen and oxygen atoms in total. The van der Waals surface area contributed by atoms with Gasteiger partial charge in [-0.2, -0.15) is 0 Å². The van der Waals surface area contributed by atoms with Gasteiger partial charge < -0.3 is 15.0 Å². The number of nitrogens with one attached hydrogen (secondary N) is 1. The van der Waals surface area contributed by atoms with E-state index in [1.165, 1.54) is 5.56 Å². The van der Waals surface area contributed by atoms with Crippen LogP contribution in [0, 0.1) is 5.92 Å². The van der Waals surface area contributed by atoms with Crippen LogP contribution in [0.25, 0.3) is 0 Å². The minimum atomic E-state index is -0.194. The summed E-state index contributed by atoms with van der Waals surface area (Å²) in [5, 5.41) is 2.75. The zero-order valence-corrected chi connectivity index (χ0v) is 15.0. The summed E-state index contributed by atoms with van der Waals surface area (Å²) in [4.78, 5) is 28.3. The molecule has 2 atom stereocenters. The van der Waals surface area contributed by atoms with E-state index >= 15 is 0 Å². The normalized spacial score (nSPS) is 24.2. The lowest BCUT2D eigenvalue weighted by Gasteiger charge is -2.41. The molecule has 0 aromatic heterocycles. The molecule has 2 fully saturated rings. The zero-order chi connectivity index (χ0) is 17.8. The van der Waals surface area contributed by atoms with Crippen LogP contribution in [0.2, 0.25) is 0 Å². The van der Waals surface area contributed by atoms with Crippen molar-refractivity contribution >= 4 is 11.8 Å². The molecule has 6 heteroatoms. The number of hydrogen-bond acceptors (Lipinski definition) is 4. The molecule has 2 amide bonds. The number of benzene rings is 1. The predicted octanol–water partition coefficient (Wildman–Crippen LogP) is 1.25. The summed E-state index contributed by atoms with van der Waals surface area (Å²) < 4.78 is 5.71. The van der Waals surface area contributed by atoms with Crippen LogP contribution in [0.4, 0.5) is 0 Å². The van der Waals surface area contributed by atoms with Gasteiger partial charge >= 0.3 is 0 Å². The van der Waals surface area contributed by atoms with E-state index in [4.69, 9.17) is 4.74 Å². The number of carbonyl (C=O) groups excluding carboxylic acids is 2. The second kappa shape index (κ2) is 7.87. The van der Waals surface area contributed by atoms with E-state index in [0.29, 0.717) is 26.1 Å². The van der Waals surface area contributed by atoms with Gasteiger partial charge in [0.25, 0.3) is 0 Å². The van der Waals surface area contributed by atoms with Crippen molar-refractivity contribution in [3.63, 3.8) is 0 Å². The number of piperazine rings is 1. The van der Waals surface area contributed by atoms with E-state index in [1.54, 1.807) is 0 Å². The van der Waals surface area contributed by atoms with Gasteiger partial charge in [-0.25, -0.2) is 0 Å². The van der Waals surface area contributed by atoms with E-state index in [9.17, 15) is 9.59 Å². The van der Waals surface area contributed by atoms with Crippen LogP contribution in [-0.4, -0.2) is 60.4 Å². The smallest absolute Gasteiger partial charge is 0.228 e. The molecule has 2 heterocycles. The van der Waals surface area contributed by atoms with Crippen molar-refractivity contribution in [2.24, 2.45) is 5.92 Å². The van der Waals surface area contributed by atoms with Crippen LogP contribution in [-0.2, 0) is 16.1 Å². The number of para-hydroxylation sites is 1. The monoisotopic (exact) mass is 345 g/mol. The summed E-state index contributed by atoms with van der Waals surface area (Å²) in [7, 11) is 0. The van der Waals surface area contributed by atoms with Crippen molar-refractivity contribution in [3.8, 4) is 5.75 Å². The quantitative estimate of drug-likeness (QED) is 0.873. The first-order valence-electron chi connectivity index (χ1n) is 9.08. The molecule has 1 N–H and O–H groups in total. The third-order valence-electron chi connectivity index (χ3n) is 4.99. The third kappa shape index (κ3) is 4.12. The van der Waals surface area contributed by atoms with Gasteiger partial charge in [0.2, 0.25) is 11.8 Å². The summed E-state index contributed by atoms with van der Waals surface area (Å²) in [6, 6.07) is 8.28. The minimum Gasteiger partial charge on any atom is -0.494 e. The van der Waals surface area contributed by atoms with Crippen molar-refractivity contribution in [2.75, 3.05) is 32.8 Å². The van der Waals surface area contributed by atoms with Crippen molar-refractivity contribution < 1.29 is 14.3 Å². The number of rotatable bonds is 5. The highest BCUT2D eigenvalue weighted by Gasteiger charge is 2.35. The van der Waals surface area contributed by atoms with E-state index < -0.39 is 0 Å². The van der Waals surface area contributed by atoms with Gasteiger partial charge in [-0.3, -0.25) is 14.5 Å². The van der Waals surface area contributed by atoms with Crippen LogP contribution in [0.5, 0.6) is 5.75 Å². The Morgan fingerprint density at radius 1 is 1.32 bits per heavy atom. The van der Waals surface area contributed by atoms with E-state index in [0.717, 1.165) is 25.4 Å². The second-order valence-corrected chi connectivity index (χ2v) is 6.86. The molecule has 0 saturated carbocycles. The number of ether oxygens (including phenoxy) is 1. The Balaban J connectivity index is 1.58. The fraction of sp³-hybridized carbons (Fsp3) is 0.579. The van der Waals surface area contributed by atoms with Crippen LogP contribution in [0.1, 0.15) is 25.8 Å². The molecule has 2 unspecified atom stereocenters. The van der Waals surface area contributed by atoms with Gasteiger partial charge in [0.05, 0.1) is 12.5 Å². The summed E-state index contributed by atoms with van der Waals surface area (Å²) >= 11 is 0. The number of carbonyl (C=O) groups is 2. The van der Waals surface area contributed by atoms with Crippen LogP contribution < -0.4 is 10.1 Å². The van der Waals surface area contributed by atoms with Gasteiger partial charge in [-0.15, -0.1) is 0 Å². The predicted molar refractivity (Wildman–Crippen MR) is 95.2 cm³/mol. The molecular formula is C19H27N3O3. The Morgan fingerprint density at radius 2 is 2.12 bits per heavy atom. The Kier molecular flexibility index (Phi) is 5.58. The second-order valence-electron chi connectivity index (χ2n) is 6.86. The number of nitrogens with zero attached hydrogens (tertiary/aromatic N) is 2. The molecule has 0 radical (unpaired) electrons. The Hall–Kier alpha value is -2.08. The summed E-state index contributed by atoms with van der Waals surface area (Å²) in [6.45, 7) is 8.42. The van der Waals surface area contributed by atoms with Crippen LogP contribution >= 0.6 is 0 Å². The first kappa shape index (κ1) is 17.7. The molecular weight excluding hydrogens is 318 g/mol. The standard InChI is InChI=1S/C19H27N3O3/c1-3-25-17-7-5-4-6-15(17)13-21-8-9-22(14(2)12-21)19(24)16-10-18(23)20-11-16/h4-7,14,16H,3,8-13H2,1-2H3,(H,20,23). The molecule has 1 aromatic rings. The lowest BCUT2D eigenvalue weighted by molar-refractivity contribution is -0.140. The largest absolute Gasteiger partial charge is 0.494 e. The van der Waals surface area contributed by atoms with Crippen LogP contribution in [0.3, 0.4) is 0 Å². The van der Waals surface area contributed by atoms with Gasteiger partial charge in [0, 0.05) is 50.7 Å². The maximum absolute atomic E-state index is 12.7. The molecule has 3 rings (SSSR count). The summed E-state index contributed by atoms with van der Waals surface area (Å²) in [5.41, 5.74) is 1.18. The van der Waals surface area contributed by atoms with Gasteiger partial charge in [0.1, 0.15) is 5.75 Å². The first-order valence-corrected chi connectivity index (χ1v) is 9.08. The Morgan fingerprint density at radius 3 is 2.80 bits per heavy atom. The maximum atomic E-state index is 12.7. The average molecular weight is 345 g/mol. The molecule has 0 spiro atoms. The average Bonchev–Trinajstić information content (AvgIpc) is 3.03. The van der Waals surface area contributed by atoms with Gasteiger partial charge in [-0.1, -0.05) is 18.2 Å². The van der Waals surface area contributed by atoms with Crippen molar-refractivity contribution in [1.29, 1.82) is 0 Å². The Bertz CT molecular complexity index is 634. The van der Waals surface area contributed by atoms with E-state index in [2.05, 4.69) is 23.2 Å². The Labute approximate surface area is 149 Å². The van der Waals surface area contributed by atoms with Crippen molar-refractivity contribution in [1.82, 2.24) is 15.1 Å². The molecule has 0 aliphatic carbocycles. The molecule has 25 heavy (non-hydrogen) atoms. The molecule has 2 saturated heterocycles. The SMILES string of the molecule is CCOc1ccccc1CN1CCN(C(=O)C2CNC(=O)C2)C(C)C1. The van der Waals surface area contributed by atoms with Gasteiger partial charge in [0.15, 0.2) is 0 Å². The van der Waals surface area contributed by atoms with Gasteiger partial charge in [-0.05, 0) is 19.9 Å². The topological polar surface area (TPSA) is 61.9 Å². The minimum absolute atomic E-state index is 0.0165. The summed E-state index contributed by atoms with van der Waals surface area (Å²) in [6.07, 6.45) is 0.327. The zero-order valence-electron chi connectivity index (χ0n) is 15.0. The van der Waals surface area contributed by atoms with Crippen molar-refractivity contribution in [2.45, 2.75) is 32.9 Å². The fourth-order valence-electron chi connectivity index (χ4n) is 3.69. The lowest BCUT2D eigenvalue weighted by Crippen LogP contribution is -2.55. The van der Waals surface area contributed by atoms with Crippen molar-refractivity contribution in [3.05, 3.63) is 29.8 Å². The fourth-order valence-corrected chi connectivity index (χ4v) is 3.69.